The quantitative estimate of drug-likeness (QED) is 0.680. The number of hydrogen-bond donors (Lipinski definition) is 0. The van der Waals surface area contributed by atoms with Crippen LogP contribution < -0.4 is 4.90 Å². The summed E-state index contributed by atoms with van der Waals surface area (Å²) < 4.78 is 23.6. The monoisotopic (exact) mass is 311 g/mol. The van der Waals surface area contributed by atoms with Crippen molar-refractivity contribution in [3.63, 3.8) is 0 Å². The molecule has 118 valence electrons. The van der Waals surface area contributed by atoms with Crippen LogP contribution in [-0.4, -0.2) is 26.3 Å². The lowest BCUT2D eigenvalue weighted by Crippen LogP contribution is -2.08. The Hall–Kier alpha value is -1.09. The molecule has 5 heteroatoms. The molecule has 0 spiro atoms. The summed E-state index contributed by atoms with van der Waals surface area (Å²) in [6.45, 7) is 7.37. The van der Waals surface area contributed by atoms with Crippen LogP contribution in [0.1, 0.15) is 33.3 Å². The third-order valence-electron chi connectivity index (χ3n) is 2.57. The average molecular weight is 311 g/mol. The summed E-state index contributed by atoms with van der Waals surface area (Å²) in [5.74, 6) is 1.54. The highest BCUT2D eigenvalue weighted by atomic mass is 31.2. The van der Waals surface area contributed by atoms with Crippen molar-refractivity contribution in [1.82, 2.24) is 0 Å². The summed E-state index contributed by atoms with van der Waals surface area (Å²) in [5, 5.41) is 0. The molecule has 0 aliphatic carbocycles. The maximum absolute atomic E-state index is 12.6. The summed E-state index contributed by atoms with van der Waals surface area (Å²) in [7, 11) is 0.765. The number of rotatable bonds is 7. The van der Waals surface area contributed by atoms with E-state index in [9.17, 15) is 4.57 Å². The maximum atomic E-state index is 12.6. The summed E-state index contributed by atoms with van der Waals surface area (Å²) >= 11 is 0. The fourth-order valence-corrected chi connectivity index (χ4v) is 3.46. The fourth-order valence-electron chi connectivity index (χ4n) is 1.74. The Kier molecular flexibility index (Phi) is 6.66. The van der Waals surface area contributed by atoms with Gasteiger partial charge in [-0.1, -0.05) is 12.1 Å². The molecule has 0 saturated heterocycles. The van der Waals surface area contributed by atoms with Crippen molar-refractivity contribution in [2.45, 2.75) is 39.9 Å². The van der Waals surface area contributed by atoms with Gasteiger partial charge < -0.3 is 13.9 Å². The lowest BCUT2D eigenvalue weighted by atomic mass is 10.2. The van der Waals surface area contributed by atoms with Crippen molar-refractivity contribution in [1.29, 1.82) is 0 Å². The minimum absolute atomic E-state index is 0.157. The number of hydrogen-bond acceptors (Lipinski definition) is 4. The molecule has 0 amide bonds. The molecule has 0 bridgehead atoms. The highest BCUT2D eigenvalue weighted by Crippen LogP contribution is 2.52. The maximum Gasteiger partial charge on any atom is 0.354 e. The molecule has 1 aromatic carbocycles. The van der Waals surface area contributed by atoms with Gasteiger partial charge in [-0.05, 0) is 51.5 Å². The molecule has 0 unspecified atom stereocenters. The van der Waals surface area contributed by atoms with Crippen molar-refractivity contribution < 1.29 is 13.6 Å². The van der Waals surface area contributed by atoms with Gasteiger partial charge in [0.25, 0.3) is 0 Å². The van der Waals surface area contributed by atoms with Crippen LogP contribution >= 0.6 is 7.60 Å². The van der Waals surface area contributed by atoms with Crippen LogP contribution in [0.3, 0.4) is 0 Å². The number of nitrogens with zero attached hydrogens (tertiary/aromatic N) is 1. The van der Waals surface area contributed by atoms with Crippen LogP contribution in [-0.2, 0) is 13.6 Å². The largest absolute Gasteiger partial charge is 0.378 e. The van der Waals surface area contributed by atoms with E-state index in [4.69, 9.17) is 9.05 Å². The summed E-state index contributed by atoms with van der Waals surface area (Å²) in [5.41, 5.74) is 2.08. The van der Waals surface area contributed by atoms with E-state index in [1.165, 1.54) is 5.82 Å². The molecule has 4 nitrogen and oxygen atoms in total. The van der Waals surface area contributed by atoms with Crippen LogP contribution in [0, 0.1) is 0 Å². The molecule has 0 atom stereocenters. The zero-order valence-electron chi connectivity index (χ0n) is 13.7. The molecule has 0 fully saturated rings. The third-order valence-corrected chi connectivity index (χ3v) is 4.52. The SMILES string of the molecule is CC(C)OP(=O)(/C=C/c1ccc(N(C)C)cc1)OC(C)C. The third kappa shape index (κ3) is 6.47. The Bertz CT molecular complexity index is 493. The van der Waals surface area contributed by atoms with E-state index in [-0.39, 0.29) is 12.2 Å². The van der Waals surface area contributed by atoms with E-state index in [2.05, 4.69) is 0 Å². The summed E-state index contributed by atoms with van der Waals surface area (Å²) in [4.78, 5) is 2.03. The molecular weight excluding hydrogens is 285 g/mol. The topological polar surface area (TPSA) is 38.8 Å². The van der Waals surface area contributed by atoms with E-state index in [0.29, 0.717) is 0 Å². The Morgan fingerprint density at radius 3 is 1.86 bits per heavy atom. The van der Waals surface area contributed by atoms with Gasteiger partial charge in [0, 0.05) is 25.6 Å². The molecular formula is C16H26NO3P. The lowest BCUT2D eigenvalue weighted by molar-refractivity contribution is 0.149. The molecule has 1 aromatic rings. The van der Waals surface area contributed by atoms with E-state index in [1.54, 1.807) is 6.08 Å². The van der Waals surface area contributed by atoms with Gasteiger partial charge in [0.15, 0.2) is 0 Å². The van der Waals surface area contributed by atoms with Gasteiger partial charge in [-0.25, -0.2) is 0 Å². The van der Waals surface area contributed by atoms with Crippen molar-refractivity contribution in [2.24, 2.45) is 0 Å². The Morgan fingerprint density at radius 1 is 1.00 bits per heavy atom. The molecule has 0 heterocycles. The Labute approximate surface area is 128 Å². The first-order chi connectivity index (χ1) is 9.72. The van der Waals surface area contributed by atoms with Crippen molar-refractivity contribution in [3.05, 3.63) is 35.6 Å². The number of benzene rings is 1. The van der Waals surface area contributed by atoms with Crippen LogP contribution in [0.5, 0.6) is 0 Å². The Morgan fingerprint density at radius 2 is 1.48 bits per heavy atom. The van der Waals surface area contributed by atoms with Gasteiger partial charge in [0.1, 0.15) is 0 Å². The minimum Gasteiger partial charge on any atom is -0.378 e. The van der Waals surface area contributed by atoms with Gasteiger partial charge >= 0.3 is 7.60 Å². The van der Waals surface area contributed by atoms with Gasteiger partial charge in [0.2, 0.25) is 0 Å². The standard InChI is InChI=1S/C16H26NO3P/c1-13(2)19-21(18,20-14(3)4)12-11-15-7-9-16(10-8-15)17(5)6/h7-14H,1-6H3/b12-11+. The van der Waals surface area contributed by atoms with Crippen LogP contribution in [0.4, 0.5) is 5.69 Å². The van der Waals surface area contributed by atoms with Gasteiger partial charge in [0.05, 0.1) is 12.2 Å². The van der Waals surface area contributed by atoms with Gasteiger partial charge in [-0.3, -0.25) is 4.57 Å². The smallest absolute Gasteiger partial charge is 0.354 e. The zero-order chi connectivity index (χ0) is 16.0. The van der Waals surface area contributed by atoms with Crippen LogP contribution in [0.15, 0.2) is 30.1 Å². The van der Waals surface area contributed by atoms with E-state index < -0.39 is 7.60 Å². The first-order valence-electron chi connectivity index (χ1n) is 7.15. The van der Waals surface area contributed by atoms with Crippen LogP contribution in [0.2, 0.25) is 0 Å². The fraction of sp³-hybridized carbons (Fsp3) is 0.500. The molecule has 1 rings (SSSR count). The molecule has 0 aliphatic rings. The molecule has 21 heavy (non-hydrogen) atoms. The van der Waals surface area contributed by atoms with Crippen molar-refractivity contribution in [2.75, 3.05) is 19.0 Å². The van der Waals surface area contributed by atoms with Crippen LogP contribution in [0.25, 0.3) is 6.08 Å². The van der Waals surface area contributed by atoms with Crippen molar-refractivity contribution in [3.8, 4) is 0 Å². The predicted molar refractivity (Wildman–Crippen MR) is 89.9 cm³/mol. The van der Waals surface area contributed by atoms with E-state index >= 15 is 0 Å². The van der Waals surface area contributed by atoms with Gasteiger partial charge in [-0.15, -0.1) is 0 Å². The Balaban J connectivity index is 2.89. The molecule has 0 aromatic heterocycles. The first kappa shape index (κ1) is 18.0. The second-order valence-electron chi connectivity index (χ2n) is 5.65. The summed E-state index contributed by atoms with van der Waals surface area (Å²) in [6, 6.07) is 7.97. The molecule has 0 saturated carbocycles. The van der Waals surface area contributed by atoms with Gasteiger partial charge in [-0.2, -0.15) is 0 Å². The highest BCUT2D eigenvalue weighted by molar-refractivity contribution is 7.57. The normalized spacial score (nSPS) is 12.6. The number of anilines is 1. The minimum atomic E-state index is -3.22. The van der Waals surface area contributed by atoms with E-state index in [1.807, 2.05) is 71.0 Å². The molecule has 0 radical (unpaired) electrons. The average Bonchev–Trinajstić information content (AvgIpc) is 2.35. The predicted octanol–water partition coefficient (Wildman–Crippen LogP) is 4.77. The second kappa shape index (κ2) is 7.79. The zero-order valence-corrected chi connectivity index (χ0v) is 14.6. The summed E-state index contributed by atoms with van der Waals surface area (Å²) in [6.07, 6.45) is 1.47. The van der Waals surface area contributed by atoms with E-state index in [0.717, 1.165) is 11.3 Å². The highest BCUT2D eigenvalue weighted by Gasteiger charge is 2.23. The van der Waals surface area contributed by atoms with Crippen molar-refractivity contribution >= 4 is 19.4 Å². The second-order valence-corrected chi connectivity index (χ2v) is 7.45. The molecule has 0 N–H and O–H groups in total. The first-order valence-corrected chi connectivity index (χ1v) is 8.76. The molecule has 0 aliphatic heterocycles. The lowest BCUT2D eigenvalue weighted by Gasteiger charge is -2.19.